The van der Waals surface area contributed by atoms with Gasteiger partial charge in [-0.15, -0.1) is 0 Å². The van der Waals surface area contributed by atoms with Crippen molar-refractivity contribution in [1.82, 2.24) is 4.90 Å². The quantitative estimate of drug-likeness (QED) is 0.644. The minimum Gasteiger partial charge on any atom is -0.384 e. The Morgan fingerprint density at radius 2 is 1.86 bits per heavy atom. The van der Waals surface area contributed by atoms with E-state index in [9.17, 15) is 26.0 Å². The Morgan fingerprint density at radius 1 is 1.24 bits per heavy atom. The molecule has 0 saturated carbocycles. The monoisotopic (exact) mass is 328 g/mol. The van der Waals surface area contributed by atoms with Gasteiger partial charge in [0.25, 0.3) is 9.84 Å². The van der Waals surface area contributed by atoms with E-state index in [0.29, 0.717) is 19.0 Å². The number of nitrogens with zero attached hydrogens (tertiary/aromatic N) is 1. The summed E-state index contributed by atoms with van der Waals surface area (Å²) in [6, 6.07) is 2.27. The summed E-state index contributed by atoms with van der Waals surface area (Å²) in [7, 11) is -1.93. The molecule has 21 heavy (non-hydrogen) atoms. The van der Waals surface area contributed by atoms with Crippen molar-refractivity contribution in [2.75, 3.05) is 32.5 Å². The van der Waals surface area contributed by atoms with Crippen molar-refractivity contribution in [3.05, 3.63) is 24.0 Å². The van der Waals surface area contributed by atoms with Gasteiger partial charge in [0.2, 0.25) is 0 Å². The average Bonchev–Trinajstić information content (AvgIpc) is 2.34. The number of hydrogen-bond donors (Lipinski definition) is 1. The molecule has 0 spiro atoms. The Hall–Kier alpha value is -1.35. The van der Waals surface area contributed by atoms with Gasteiger partial charge in [-0.25, -0.2) is 12.8 Å². The Kier molecular flexibility index (Phi) is 5.57. The number of nitrogens with one attached hydrogen (secondary N) is 1. The zero-order chi connectivity index (χ0) is 16.3. The van der Waals surface area contributed by atoms with E-state index in [1.54, 1.807) is 0 Å². The minimum atomic E-state index is -5.60. The largest absolute Gasteiger partial charge is 0.501 e. The fourth-order valence-electron chi connectivity index (χ4n) is 1.61. The van der Waals surface area contributed by atoms with Gasteiger partial charge in [0, 0.05) is 6.54 Å². The van der Waals surface area contributed by atoms with Crippen LogP contribution in [0, 0.1) is 5.82 Å². The van der Waals surface area contributed by atoms with Crippen LogP contribution in [-0.4, -0.2) is 46.0 Å². The summed E-state index contributed by atoms with van der Waals surface area (Å²) in [4.78, 5) is 0.777. The molecular formula is C12H16F4N2O2S. The summed E-state index contributed by atoms with van der Waals surface area (Å²) in [6.07, 6.45) is 0.593. The van der Waals surface area contributed by atoms with E-state index in [0.717, 1.165) is 12.1 Å². The van der Waals surface area contributed by atoms with E-state index in [4.69, 9.17) is 0 Å². The summed E-state index contributed by atoms with van der Waals surface area (Å²) < 4.78 is 73.7. The van der Waals surface area contributed by atoms with Crippen LogP contribution in [0.25, 0.3) is 0 Å². The molecule has 0 fully saturated rings. The summed E-state index contributed by atoms with van der Waals surface area (Å²) in [5, 5.41) is 2.60. The third-order valence-electron chi connectivity index (χ3n) is 2.64. The lowest BCUT2D eigenvalue weighted by Gasteiger charge is -2.15. The predicted octanol–water partition coefficient (Wildman–Crippen LogP) is 2.48. The zero-order valence-corrected chi connectivity index (χ0v) is 12.4. The topological polar surface area (TPSA) is 49.4 Å². The van der Waals surface area contributed by atoms with Gasteiger partial charge in [0.05, 0.1) is 5.69 Å². The van der Waals surface area contributed by atoms with Gasteiger partial charge in [0.1, 0.15) is 10.7 Å². The van der Waals surface area contributed by atoms with Crippen molar-refractivity contribution in [1.29, 1.82) is 0 Å². The zero-order valence-electron chi connectivity index (χ0n) is 11.5. The molecular weight excluding hydrogens is 312 g/mol. The molecule has 0 amide bonds. The van der Waals surface area contributed by atoms with E-state index >= 15 is 0 Å². The third-order valence-corrected chi connectivity index (χ3v) is 4.16. The molecule has 9 heteroatoms. The minimum absolute atomic E-state index is 0.257. The van der Waals surface area contributed by atoms with Crippen molar-refractivity contribution < 1.29 is 26.0 Å². The van der Waals surface area contributed by atoms with Crippen LogP contribution in [-0.2, 0) is 9.84 Å². The second-order valence-corrected chi connectivity index (χ2v) is 6.58. The molecule has 120 valence electrons. The van der Waals surface area contributed by atoms with E-state index in [1.807, 2.05) is 19.0 Å². The number of alkyl halides is 3. The molecule has 1 rings (SSSR count). The van der Waals surface area contributed by atoms with Crippen LogP contribution in [0.2, 0.25) is 0 Å². The smallest absolute Gasteiger partial charge is 0.384 e. The lowest BCUT2D eigenvalue weighted by molar-refractivity contribution is -0.0435. The summed E-state index contributed by atoms with van der Waals surface area (Å²) in [6.45, 7) is 0.944. The highest BCUT2D eigenvalue weighted by Crippen LogP contribution is 2.34. The van der Waals surface area contributed by atoms with Crippen molar-refractivity contribution in [3.63, 3.8) is 0 Å². The molecule has 4 nitrogen and oxygen atoms in total. The molecule has 0 aliphatic rings. The maximum Gasteiger partial charge on any atom is 0.501 e. The van der Waals surface area contributed by atoms with Gasteiger partial charge in [0.15, 0.2) is 0 Å². The summed E-state index contributed by atoms with van der Waals surface area (Å²) >= 11 is 0. The maximum atomic E-state index is 13.1. The van der Waals surface area contributed by atoms with E-state index < -0.39 is 26.1 Å². The van der Waals surface area contributed by atoms with Crippen molar-refractivity contribution in [2.24, 2.45) is 0 Å². The lowest BCUT2D eigenvalue weighted by atomic mass is 10.3. The van der Waals surface area contributed by atoms with Crippen LogP contribution in [0.4, 0.5) is 23.2 Å². The maximum absolute atomic E-state index is 13.1. The van der Waals surface area contributed by atoms with Crippen molar-refractivity contribution in [2.45, 2.75) is 16.8 Å². The number of sulfone groups is 1. The second-order valence-electron chi connectivity index (χ2n) is 4.67. The molecule has 0 bridgehead atoms. The van der Waals surface area contributed by atoms with Crippen LogP contribution >= 0.6 is 0 Å². The van der Waals surface area contributed by atoms with Crippen LogP contribution in [0.1, 0.15) is 6.42 Å². The van der Waals surface area contributed by atoms with Gasteiger partial charge < -0.3 is 10.2 Å². The highest BCUT2D eigenvalue weighted by molar-refractivity contribution is 7.92. The van der Waals surface area contributed by atoms with Crippen molar-refractivity contribution in [3.8, 4) is 0 Å². The number of halogens is 4. The third kappa shape index (κ3) is 4.57. The normalized spacial score (nSPS) is 12.7. The van der Waals surface area contributed by atoms with Gasteiger partial charge in [-0.05, 0) is 45.3 Å². The molecule has 1 N–H and O–H groups in total. The lowest BCUT2D eigenvalue weighted by Crippen LogP contribution is -2.25. The van der Waals surface area contributed by atoms with E-state index in [-0.39, 0.29) is 12.2 Å². The molecule has 0 unspecified atom stereocenters. The number of benzene rings is 1. The number of hydrogen-bond acceptors (Lipinski definition) is 4. The average molecular weight is 328 g/mol. The molecule has 0 radical (unpaired) electrons. The van der Waals surface area contributed by atoms with Crippen LogP contribution in [0.5, 0.6) is 0 Å². The van der Waals surface area contributed by atoms with Gasteiger partial charge in [-0.2, -0.15) is 13.2 Å². The molecule has 0 aromatic heterocycles. The van der Waals surface area contributed by atoms with Crippen LogP contribution in [0.15, 0.2) is 23.1 Å². The second kappa shape index (κ2) is 6.61. The number of rotatable bonds is 6. The highest BCUT2D eigenvalue weighted by atomic mass is 32.2. The fourth-order valence-corrected chi connectivity index (χ4v) is 2.55. The molecule has 1 aromatic carbocycles. The Bertz CT molecular complexity index is 585. The SMILES string of the molecule is CN(C)CCCNc1ccc(F)cc1S(=O)(=O)C(F)(F)F. The summed E-state index contributed by atoms with van der Waals surface area (Å²) in [5.74, 6) is -1.04. The van der Waals surface area contributed by atoms with Gasteiger partial charge in [-0.3, -0.25) is 0 Å². The molecule has 1 aromatic rings. The van der Waals surface area contributed by atoms with Gasteiger partial charge in [-0.1, -0.05) is 0 Å². The Labute approximate surface area is 120 Å². The molecule has 0 aliphatic heterocycles. The fraction of sp³-hybridized carbons (Fsp3) is 0.500. The standard InChI is InChI=1S/C12H16F4N2O2S/c1-18(2)7-3-6-17-10-5-4-9(13)8-11(10)21(19,20)12(14,15)16/h4-5,8,17H,3,6-7H2,1-2H3. The first-order chi connectivity index (χ1) is 9.55. The van der Waals surface area contributed by atoms with Crippen LogP contribution < -0.4 is 5.32 Å². The van der Waals surface area contributed by atoms with Crippen molar-refractivity contribution >= 4 is 15.5 Å². The van der Waals surface area contributed by atoms with E-state index in [1.165, 1.54) is 0 Å². The predicted molar refractivity (Wildman–Crippen MR) is 71.3 cm³/mol. The first-order valence-electron chi connectivity index (χ1n) is 6.05. The molecule has 0 heterocycles. The van der Waals surface area contributed by atoms with Gasteiger partial charge >= 0.3 is 5.51 Å². The van der Waals surface area contributed by atoms with E-state index in [2.05, 4.69) is 5.32 Å². The first-order valence-corrected chi connectivity index (χ1v) is 7.53. The highest BCUT2D eigenvalue weighted by Gasteiger charge is 2.48. The summed E-state index contributed by atoms with van der Waals surface area (Å²) in [5.41, 5.74) is -5.73. The molecule has 0 atom stereocenters. The number of anilines is 1. The van der Waals surface area contributed by atoms with Crippen LogP contribution in [0.3, 0.4) is 0 Å². The molecule has 0 aliphatic carbocycles. The Balaban J connectivity index is 3.01. The molecule has 0 saturated heterocycles. The Morgan fingerprint density at radius 3 is 2.38 bits per heavy atom. The first kappa shape index (κ1) is 17.7.